The van der Waals surface area contributed by atoms with Gasteiger partial charge >= 0.3 is 0 Å². The zero-order valence-electron chi connectivity index (χ0n) is 18.3. The third-order valence-corrected chi connectivity index (χ3v) is 6.61. The summed E-state index contributed by atoms with van der Waals surface area (Å²) in [6, 6.07) is 11.8. The van der Waals surface area contributed by atoms with Crippen LogP contribution in [0.3, 0.4) is 0 Å². The molecule has 0 N–H and O–H groups in total. The number of aromatic nitrogens is 6. The minimum Gasteiger partial charge on any atom is -0.311 e. The first-order valence-electron chi connectivity index (χ1n) is 10.2. The van der Waals surface area contributed by atoms with Gasteiger partial charge in [0, 0.05) is 41.8 Å². The maximum Gasteiger partial charge on any atom is 0.295 e. The summed E-state index contributed by atoms with van der Waals surface area (Å²) in [5.41, 5.74) is 6.92. The van der Waals surface area contributed by atoms with Crippen molar-refractivity contribution in [3.8, 4) is 33.3 Å². The van der Waals surface area contributed by atoms with Crippen LogP contribution in [0, 0.1) is 20.8 Å². The van der Waals surface area contributed by atoms with Gasteiger partial charge in [0.1, 0.15) is 16.4 Å². The quantitative estimate of drug-likeness (QED) is 0.412. The van der Waals surface area contributed by atoms with Crippen LogP contribution in [0.25, 0.3) is 33.3 Å². The molecule has 160 valence electrons. The summed E-state index contributed by atoms with van der Waals surface area (Å²) in [5, 5.41) is 2.84. The van der Waals surface area contributed by atoms with Gasteiger partial charge in [0.2, 0.25) is 0 Å². The lowest BCUT2D eigenvalue weighted by molar-refractivity contribution is 0.630. The molecule has 5 rings (SSSR count). The van der Waals surface area contributed by atoms with Crippen molar-refractivity contribution in [2.75, 3.05) is 0 Å². The van der Waals surface area contributed by atoms with Gasteiger partial charge in [0.05, 0.1) is 23.3 Å². The van der Waals surface area contributed by atoms with E-state index in [1.807, 2.05) is 72.8 Å². The molecule has 0 atom stereocenters. The van der Waals surface area contributed by atoms with Gasteiger partial charge in [-0.15, -0.1) is 11.3 Å². The van der Waals surface area contributed by atoms with Gasteiger partial charge in [-0.05, 0) is 39.0 Å². The molecule has 4 aromatic heterocycles. The minimum absolute atomic E-state index is 0.0527. The minimum atomic E-state index is -0.0527. The summed E-state index contributed by atoms with van der Waals surface area (Å²) in [4.78, 5) is 26.8. The highest BCUT2D eigenvalue weighted by Crippen LogP contribution is 2.33. The average Bonchev–Trinajstić information content (AvgIpc) is 3.46. The lowest BCUT2D eigenvalue weighted by Gasteiger charge is -2.08. The molecule has 0 saturated heterocycles. The predicted molar refractivity (Wildman–Crippen MR) is 127 cm³/mol. The first-order valence-corrected chi connectivity index (χ1v) is 11.1. The van der Waals surface area contributed by atoms with Gasteiger partial charge in [-0.1, -0.05) is 18.2 Å². The van der Waals surface area contributed by atoms with Crippen LogP contribution in [0.5, 0.6) is 0 Å². The molecule has 0 fully saturated rings. The maximum atomic E-state index is 13.5. The number of nitrogens with zero attached hydrogens (tertiary/aromatic N) is 6. The number of hydrogen-bond donors (Lipinski definition) is 0. The van der Waals surface area contributed by atoms with Gasteiger partial charge in [-0.25, -0.2) is 9.67 Å². The Labute approximate surface area is 189 Å². The standard InChI is InChI=1S/C24H22N6OS/c1-15-12-19(21-14-32-23(27-21)20-13-25-10-11-26-20)16(2)29(15)22-17(3)28(4)30(24(22)31)18-8-6-5-7-9-18/h5-14H,1-4H3. The molecule has 8 heteroatoms. The molecular weight excluding hydrogens is 420 g/mol. The molecule has 0 aliphatic rings. The van der Waals surface area contributed by atoms with Crippen molar-refractivity contribution < 1.29 is 0 Å². The molecule has 4 heterocycles. The number of rotatable bonds is 4. The first kappa shape index (κ1) is 20.1. The van der Waals surface area contributed by atoms with Crippen LogP contribution in [0.1, 0.15) is 17.1 Å². The van der Waals surface area contributed by atoms with E-state index < -0.39 is 0 Å². The average molecular weight is 443 g/mol. The van der Waals surface area contributed by atoms with E-state index in [1.54, 1.807) is 23.3 Å². The predicted octanol–water partition coefficient (Wildman–Crippen LogP) is 4.47. The van der Waals surface area contributed by atoms with E-state index in [4.69, 9.17) is 4.98 Å². The van der Waals surface area contributed by atoms with Crippen molar-refractivity contribution >= 4 is 11.3 Å². The third-order valence-electron chi connectivity index (χ3n) is 5.74. The van der Waals surface area contributed by atoms with Gasteiger partial charge in [0.25, 0.3) is 5.56 Å². The lowest BCUT2D eigenvalue weighted by atomic mass is 10.2. The van der Waals surface area contributed by atoms with Crippen molar-refractivity contribution in [1.82, 2.24) is 28.9 Å². The SMILES string of the molecule is Cc1cc(-c2csc(-c3cnccn3)n2)c(C)n1-c1c(C)n(C)n(-c2ccccc2)c1=O. The molecule has 1 aromatic carbocycles. The van der Waals surface area contributed by atoms with Crippen LogP contribution in [0.4, 0.5) is 0 Å². The lowest BCUT2D eigenvalue weighted by Crippen LogP contribution is -2.21. The van der Waals surface area contributed by atoms with Crippen LogP contribution in [-0.2, 0) is 7.05 Å². The second-order valence-electron chi connectivity index (χ2n) is 7.66. The number of para-hydroxylation sites is 1. The first-order chi connectivity index (χ1) is 15.5. The Bertz CT molecular complexity index is 1470. The Morgan fingerprint density at radius 2 is 1.75 bits per heavy atom. The highest BCUT2D eigenvalue weighted by molar-refractivity contribution is 7.13. The fourth-order valence-corrected chi connectivity index (χ4v) is 4.88. The summed E-state index contributed by atoms with van der Waals surface area (Å²) in [5.74, 6) is 0. The topological polar surface area (TPSA) is 70.5 Å². The molecule has 0 bridgehead atoms. The Kier molecular flexibility index (Phi) is 4.86. The zero-order valence-corrected chi connectivity index (χ0v) is 19.1. The summed E-state index contributed by atoms with van der Waals surface area (Å²) in [6.07, 6.45) is 5.03. The second-order valence-corrected chi connectivity index (χ2v) is 8.52. The van der Waals surface area contributed by atoms with E-state index in [-0.39, 0.29) is 5.56 Å². The number of thiazole rings is 1. The summed E-state index contributed by atoms with van der Waals surface area (Å²) >= 11 is 1.53. The number of aryl methyl sites for hydroxylation is 1. The molecule has 32 heavy (non-hydrogen) atoms. The Morgan fingerprint density at radius 3 is 2.47 bits per heavy atom. The number of hydrogen-bond acceptors (Lipinski definition) is 5. The molecule has 0 saturated carbocycles. The van der Waals surface area contributed by atoms with Gasteiger partial charge in [0.15, 0.2) is 0 Å². The fraction of sp³-hybridized carbons (Fsp3) is 0.167. The molecule has 7 nitrogen and oxygen atoms in total. The van der Waals surface area contributed by atoms with Crippen molar-refractivity contribution in [3.05, 3.63) is 87.8 Å². The second kappa shape index (κ2) is 7.72. The van der Waals surface area contributed by atoms with Crippen LogP contribution in [0.2, 0.25) is 0 Å². The summed E-state index contributed by atoms with van der Waals surface area (Å²) < 4.78 is 5.65. The van der Waals surface area contributed by atoms with E-state index in [2.05, 4.69) is 16.0 Å². The molecule has 0 unspecified atom stereocenters. The monoisotopic (exact) mass is 442 g/mol. The Balaban J connectivity index is 1.64. The van der Waals surface area contributed by atoms with Crippen LogP contribution in [-0.4, -0.2) is 28.9 Å². The summed E-state index contributed by atoms with van der Waals surface area (Å²) in [7, 11) is 1.91. The highest BCUT2D eigenvalue weighted by atomic mass is 32.1. The maximum absolute atomic E-state index is 13.5. The molecular formula is C24H22N6OS. The van der Waals surface area contributed by atoms with Crippen LogP contribution in [0.15, 0.2) is 65.2 Å². The van der Waals surface area contributed by atoms with Crippen molar-refractivity contribution in [1.29, 1.82) is 0 Å². The molecule has 0 amide bonds. The highest BCUT2D eigenvalue weighted by Gasteiger charge is 2.23. The fourth-order valence-electron chi connectivity index (χ4n) is 4.10. The van der Waals surface area contributed by atoms with E-state index in [0.29, 0.717) is 5.69 Å². The zero-order chi connectivity index (χ0) is 22.4. The number of benzene rings is 1. The van der Waals surface area contributed by atoms with Crippen molar-refractivity contribution in [2.45, 2.75) is 20.8 Å². The Hall–Kier alpha value is -3.78. The van der Waals surface area contributed by atoms with Gasteiger partial charge in [-0.3, -0.25) is 19.4 Å². The van der Waals surface area contributed by atoms with Crippen LogP contribution >= 0.6 is 11.3 Å². The molecule has 0 aliphatic carbocycles. The largest absolute Gasteiger partial charge is 0.311 e. The van der Waals surface area contributed by atoms with Crippen molar-refractivity contribution in [2.24, 2.45) is 7.05 Å². The van der Waals surface area contributed by atoms with E-state index in [0.717, 1.165) is 44.7 Å². The van der Waals surface area contributed by atoms with Crippen LogP contribution < -0.4 is 5.56 Å². The van der Waals surface area contributed by atoms with Gasteiger partial charge in [-0.2, -0.15) is 0 Å². The molecule has 0 aliphatic heterocycles. The molecule has 0 radical (unpaired) electrons. The molecule has 0 spiro atoms. The Morgan fingerprint density at radius 1 is 0.969 bits per heavy atom. The smallest absolute Gasteiger partial charge is 0.295 e. The third kappa shape index (κ3) is 3.11. The summed E-state index contributed by atoms with van der Waals surface area (Å²) in [6.45, 7) is 6.03. The van der Waals surface area contributed by atoms with E-state index >= 15 is 0 Å². The molecule has 5 aromatic rings. The van der Waals surface area contributed by atoms with E-state index in [9.17, 15) is 4.79 Å². The van der Waals surface area contributed by atoms with Gasteiger partial charge < -0.3 is 4.57 Å². The normalized spacial score (nSPS) is 11.2. The van der Waals surface area contributed by atoms with Crippen molar-refractivity contribution in [3.63, 3.8) is 0 Å². The van der Waals surface area contributed by atoms with E-state index in [1.165, 1.54) is 11.3 Å².